The van der Waals surface area contributed by atoms with E-state index in [1.54, 1.807) is 0 Å². The summed E-state index contributed by atoms with van der Waals surface area (Å²) in [5, 5.41) is 9.74. The van der Waals surface area contributed by atoms with Crippen LogP contribution in [0.5, 0.6) is 0 Å². The summed E-state index contributed by atoms with van der Waals surface area (Å²) >= 11 is 4.23. The van der Waals surface area contributed by atoms with Gasteiger partial charge in [0.1, 0.15) is 5.60 Å². The van der Waals surface area contributed by atoms with Gasteiger partial charge in [0.2, 0.25) is 0 Å². The Morgan fingerprint density at radius 2 is 2.33 bits per heavy atom. The maximum Gasteiger partial charge on any atom is 0.129 e. The third-order valence-corrected chi connectivity index (χ3v) is 3.82. The lowest BCUT2D eigenvalue weighted by molar-refractivity contribution is 0.0549. The number of hydrogen-bond donors (Lipinski definition) is 2. The zero-order valence-electron chi connectivity index (χ0n) is 7.53. The zero-order chi connectivity index (χ0) is 8.93. The molecule has 1 aliphatic heterocycles. The molecule has 0 aromatic rings. The van der Waals surface area contributed by atoms with Gasteiger partial charge in [-0.1, -0.05) is 13.8 Å². The van der Waals surface area contributed by atoms with Crippen molar-refractivity contribution < 1.29 is 9.84 Å². The second-order valence-corrected chi connectivity index (χ2v) is 4.63. The maximum absolute atomic E-state index is 9.74. The summed E-state index contributed by atoms with van der Waals surface area (Å²) < 4.78 is 5.55. The summed E-state index contributed by atoms with van der Waals surface area (Å²) in [6.07, 6.45) is 0.889. The van der Waals surface area contributed by atoms with Gasteiger partial charge < -0.3 is 9.84 Å². The Labute approximate surface area is 78.7 Å². The number of hydrogen-bond acceptors (Lipinski definition) is 3. The average Bonchev–Trinajstić information content (AvgIpc) is 2.69. The van der Waals surface area contributed by atoms with Crippen molar-refractivity contribution in [3.8, 4) is 0 Å². The van der Waals surface area contributed by atoms with Gasteiger partial charge in [-0.05, 0) is 18.3 Å². The van der Waals surface area contributed by atoms with E-state index in [0.717, 1.165) is 6.42 Å². The van der Waals surface area contributed by atoms with Crippen molar-refractivity contribution in [2.24, 2.45) is 11.8 Å². The summed E-state index contributed by atoms with van der Waals surface area (Å²) in [7, 11) is 0. The van der Waals surface area contributed by atoms with E-state index >= 15 is 0 Å². The lowest BCUT2D eigenvalue weighted by atomic mass is 9.93. The molecule has 1 saturated heterocycles. The molecular formula is C9H16O2S. The summed E-state index contributed by atoms with van der Waals surface area (Å²) in [5.74, 6) is 1.79. The van der Waals surface area contributed by atoms with Crippen molar-refractivity contribution in [1.82, 2.24) is 0 Å². The molecule has 0 amide bonds. The van der Waals surface area contributed by atoms with Gasteiger partial charge in [-0.25, -0.2) is 0 Å². The normalized spacial score (nSPS) is 51.2. The van der Waals surface area contributed by atoms with Crippen LogP contribution in [0.4, 0.5) is 0 Å². The Hall–Kier alpha value is 0.270. The highest BCUT2D eigenvalue weighted by atomic mass is 32.1. The Balaban J connectivity index is 2.10. The monoisotopic (exact) mass is 188 g/mol. The molecular weight excluding hydrogens is 172 g/mol. The van der Waals surface area contributed by atoms with Gasteiger partial charge in [-0.15, -0.1) is 0 Å². The summed E-state index contributed by atoms with van der Waals surface area (Å²) in [4.78, 5) is 0. The first kappa shape index (κ1) is 8.85. The van der Waals surface area contributed by atoms with E-state index in [1.165, 1.54) is 0 Å². The van der Waals surface area contributed by atoms with Crippen LogP contribution in [0.15, 0.2) is 0 Å². The minimum Gasteiger partial charge on any atom is -0.390 e. The topological polar surface area (TPSA) is 32.8 Å². The third-order valence-electron chi connectivity index (χ3n) is 3.32. The molecule has 1 saturated carbocycles. The van der Waals surface area contributed by atoms with Crippen LogP contribution < -0.4 is 0 Å². The first-order chi connectivity index (χ1) is 5.62. The van der Waals surface area contributed by atoms with Crippen molar-refractivity contribution in [3.05, 3.63) is 0 Å². The number of ether oxygens (including phenoxy) is 1. The molecule has 70 valence electrons. The fraction of sp³-hybridized carbons (Fsp3) is 1.00. The molecule has 4 atom stereocenters. The highest BCUT2D eigenvalue weighted by molar-refractivity contribution is 7.80. The molecule has 1 aliphatic carbocycles. The van der Waals surface area contributed by atoms with Crippen LogP contribution in [-0.2, 0) is 4.74 Å². The smallest absolute Gasteiger partial charge is 0.129 e. The molecule has 1 N–H and O–H groups in total. The molecule has 2 rings (SSSR count). The molecule has 12 heavy (non-hydrogen) atoms. The van der Waals surface area contributed by atoms with Gasteiger partial charge in [0, 0.05) is 5.75 Å². The second-order valence-electron chi connectivity index (χ2n) is 4.31. The van der Waals surface area contributed by atoms with E-state index in [0.29, 0.717) is 17.6 Å². The van der Waals surface area contributed by atoms with Crippen molar-refractivity contribution in [3.63, 3.8) is 0 Å². The molecule has 2 nitrogen and oxygen atoms in total. The van der Waals surface area contributed by atoms with Crippen molar-refractivity contribution in [1.29, 1.82) is 0 Å². The zero-order valence-corrected chi connectivity index (χ0v) is 8.42. The first-order valence-corrected chi connectivity index (χ1v) is 5.22. The number of epoxide rings is 1. The van der Waals surface area contributed by atoms with E-state index < -0.39 is 0 Å². The number of rotatable bonds is 2. The van der Waals surface area contributed by atoms with Gasteiger partial charge >= 0.3 is 0 Å². The van der Waals surface area contributed by atoms with E-state index in [9.17, 15) is 5.11 Å². The number of fused-ring (bicyclic) bond motifs is 1. The van der Waals surface area contributed by atoms with Crippen LogP contribution in [0.1, 0.15) is 20.3 Å². The maximum atomic E-state index is 9.74. The quantitative estimate of drug-likeness (QED) is 0.502. The molecule has 0 radical (unpaired) electrons. The molecule has 4 unspecified atom stereocenters. The largest absolute Gasteiger partial charge is 0.390 e. The van der Waals surface area contributed by atoms with Gasteiger partial charge in [-0.2, -0.15) is 12.6 Å². The molecule has 3 heteroatoms. The van der Waals surface area contributed by atoms with E-state index in [1.807, 2.05) is 0 Å². The molecule has 0 bridgehead atoms. The van der Waals surface area contributed by atoms with Crippen molar-refractivity contribution >= 4 is 12.6 Å². The Morgan fingerprint density at radius 3 is 2.58 bits per heavy atom. The van der Waals surface area contributed by atoms with Crippen LogP contribution in [0.3, 0.4) is 0 Å². The van der Waals surface area contributed by atoms with Gasteiger partial charge in [0.15, 0.2) is 0 Å². The van der Waals surface area contributed by atoms with Gasteiger partial charge in [0.25, 0.3) is 0 Å². The number of aliphatic hydroxyl groups excluding tert-OH is 1. The minimum absolute atomic E-state index is 0.266. The SMILES string of the molecule is CC(C)C1CC(O)C2(CS)OC12. The van der Waals surface area contributed by atoms with Crippen LogP contribution >= 0.6 is 12.6 Å². The summed E-state index contributed by atoms with van der Waals surface area (Å²) in [6, 6.07) is 0. The molecule has 0 aromatic heterocycles. The van der Waals surface area contributed by atoms with Crippen LogP contribution in [0, 0.1) is 11.8 Å². The predicted octanol–water partition coefficient (Wildman–Crippen LogP) is 1.09. The Morgan fingerprint density at radius 1 is 1.67 bits per heavy atom. The average molecular weight is 188 g/mol. The Bertz CT molecular complexity index is 195. The predicted molar refractivity (Wildman–Crippen MR) is 50.4 cm³/mol. The standard InChI is InChI=1S/C9H16O2S/c1-5(2)6-3-7(10)9(4-12)8(6)11-9/h5-8,10,12H,3-4H2,1-2H3. The van der Waals surface area contributed by atoms with Crippen LogP contribution in [0.2, 0.25) is 0 Å². The molecule has 0 aromatic carbocycles. The van der Waals surface area contributed by atoms with Crippen LogP contribution in [-0.4, -0.2) is 28.7 Å². The second kappa shape index (κ2) is 2.63. The Kier molecular flexibility index (Phi) is 1.94. The van der Waals surface area contributed by atoms with Crippen LogP contribution in [0.25, 0.3) is 0 Å². The number of thiol groups is 1. The summed E-state index contributed by atoms with van der Waals surface area (Å²) in [5.41, 5.74) is -0.266. The third kappa shape index (κ3) is 0.963. The van der Waals surface area contributed by atoms with E-state index in [-0.39, 0.29) is 17.8 Å². The minimum atomic E-state index is -0.285. The van der Waals surface area contributed by atoms with E-state index in [4.69, 9.17) is 4.74 Å². The fourth-order valence-electron chi connectivity index (χ4n) is 2.36. The van der Waals surface area contributed by atoms with Crippen molar-refractivity contribution in [2.45, 2.75) is 38.1 Å². The highest BCUT2D eigenvalue weighted by Gasteiger charge is 2.68. The molecule has 1 heterocycles. The fourth-order valence-corrected chi connectivity index (χ4v) is 2.82. The highest BCUT2D eigenvalue weighted by Crippen LogP contribution is 2.55. The summed E-state index contributed by atoms with van der Waals surface area (Å²) in [6.45, 7) is 4.38. The van der Waals surface area contributed by atoms with Gasteiger partial charge in [-0.3, -0.25) is 0 Å². The lowest BCUT2D eigenvalue weighted by Gasteiger charge is -2.16. The first-order valence-electron chi connectivity index (χ1n) is 4.58. The van der Waals surface area contributed by atoms with Gasteiger partial charge in [0.05, 0.1) is 12.2 Å². The number of aliphatic hydroxyl groups is 1. The molecule has 0 spiro atoms. The van der Waals surface area contributed by atoms with E-state index in [2.05, 4.69) is 26.5 Å². The lowest BCUT2D eigenvalue weighted by Crippen LogP contribution is -2.28. The molecule has 2 fully saturated rings. The molecule has 2 aliphatic rings. The van der Waals surface area contributed by atoms with Crippen molar-refractivity contribution in [2.75, 3.05) is 5.75 Å².